The number of amides is 2. The second-order valence-corrected chi connectivity index (χ2v) is 8.89. The van der Waals surface area contributed by atoms with Crippen molar-refractivity contribution in [2.75, 3.05) is 17.2 Å². The van der Waals surface area contributed by atoms with Gasteiger partial charge >= 0.3 is 18.2 Å². The summed E-state index contributed by atoms with van der Waals surface area (Å²) in [6, 6.07) is 12.3. The van der Waals surface area contributed by atoms with E-state index < -0.39 is 34.8 Å². The van der Waals surface area contributed by atoms with Crippen molar-refractivity contribution in [1.82, 2.24) is 4.98 Å². The Bertz CT molecular complexity index is 1260. The number of anilines is 2. The molecule has 1 aliphatic rings. The van der Waals surface area contributed by atoms with Gasteiger partial charge in [-0.15, -0.1) is 0 Å². The topological polar surface area (TPSA) is 101 Å². The number of halogens is 4. The van der Waals surface area contributed by atoms with Crippen molar-refractivity contribution in [3.8, 4) is 17.0 Å². The van der Waals surface area contributed by atoms with E-state index in [4.69, 9.17) is 16.3 Å². The molecule has 36 heavy (non-hydrogen) atoms. The van der Waals surface area contributed by atoms with Crippen LogP contribution in [0.5, 0.6) is 5.88 Å². The zero-order chi connectivity index (χ0) is 25.9. The molecule has 3 aromatic rings. The average molecular weight is 520 g/mol. The summed E-state index contributed by atoms with van der Waals surface area (Å²) in [7, 11) is 0. The highest BCUT2D eigenvalue weighted by Gasteiger charge is 2.45. The number of hydrogen-bond donors (Lipinski definition) is 3. The Balaban J connectivity index is 1.36. The first-order valence-corrected chi connectivity index (χ1v) is 11.3. The van der Waals surface area contributed by atoms with Crippen molar-refractivity contribution in [3.63, 3.8) is 0 Å². The summed E-state index contributed by atoms with van der Waals surface area (Å²) in [6.07, 6.45) is -1.06. The molecular weight excluding hydrogens is 499 g/mol. The lowest BCUT2D eigenvalue weighted by Gasteiger charge is -2.36. The first kappa shape index (κ1) is 25.3. The van der Waals surface area contributed by atoms with Crippen molar-refractivity contribution in [1.29, 1.82) is 0 Å². The maximum atomic E-state index is 13.2. The number of carboxylic acids is 1. The Morgan fingerprint density at radius 2 is 1.72 bits per heavy atom. The van der Waals surface area contributed by atoms with E-state index in [1.54, 1.807) is 42.6 Å². The molecule has 2 aromatic carbocycles. The largest absolute Gasteiger partial charge is 0.481 e. The van der Waals surface area contributed by atoms with Gasteiger partial charge in [0.1, 0.15) is 12.0 Å². The van der Waals surface area contributed by atoms with Gasteiger partial charge in [0.2, 0.25) is 5.88 Å². The third-order valence-corrected chi connectivity index (χ3v) is 6.24. The van der Waals surface area contributed by atoms with Crippen molar-refractivity contribution >= 4 is 35.0 Å². The quantitative estimate of drug-likeness (QED) is 0.322. The van der Waals surface area contributed by atoms with Crippen LogP contribution in [-0.2, 0) is 11.0 Å². The summed E-state index contributed by atoms with van der Waals surface area (Å²) in [4.78, 5) is 27.9. The predicted octanol–water partition coefficient (Wildman–Crippen LogP) is 6.70. The molecule has 0 unspecified atom stereocenters. The summed E-state index contributed by atoms with van der Waals surface area (Å²) in [5, 5.41) is 14.0. The second-order valence-electron chi connectivity index (χ2n) is 8.46. The number of carboxylic acid groups (broad SMARTS) is 1. The number of nitrogens with one attached hydrogen (secondary N) is 2. The monoisotopic (exact) mass is 519 g/mol. The number of benzene rings is 2. The van der Waals surface area contributed by atoms with Crippen LogP contribution in [0.1, 0.15) is 24.8 Å². The van der Waals surface area contributed by atoms with Crippen LogP contribution in [-0.4, -0.2) is 28.7 Å². The molecule has 1 heterocycles. The number of nitrogens with zero attached hydrogens (tertiary/aromatic N) is 1. The van der Waals surface area contributed by atoms with Crippen LogP contribution < -0.4 is 15.4 Å². The molecular formula is C25H21ClF3N3O4. The standard InChI is InChI=1S/C25H21ClF3N3O4/c26-17-5-8-20(19(12-17)25(27,28)29)32-23(35)31-18-6-2-15(3-7-18)16-4-9-21(30-13-16)36-14-24(22(33)34)10-1-11-24/h2-9,12-13H,1,10-11,14H2,(H,33,34)(H2,31,32,35). The Morgan fingerprint density at radius 1 is 1.03 bits per heavy atom. The van der Waals surface area contributed by atoms with Crippen LogP contribution >= 0.6 is 11.6 Å². The van der Waals surface area contributed by atoms with Gasteiger partial charge in [0.15, 0.2) is 0 Å². The Kier molecular flexibility index (Phi) is 7.07. The fourth-order valence-electron chi connectivity index (χ4n) is 3.76. The molecule has 0 atom stereocenters. The number of ether oxygens (including phenoxy) is 1. The molecule has 0 radical (unpaired) electrons. The minimum absolute atomic E-state index is 0.0671. The lowest BCUT2D eigenvalue weighted by atomic mass is 9.69. The van der Waals surface area contributed by atoms with Gasteiger partial charge in [0.05, 0.1) is 11.3 Å². The first-order chi connectivity index (χ1) is 17.1. The number of urea groups is 1. The van der Waals surface area contributed by atoms with E-state index in [0.29, 0.717) is 24.4 Å². The number of alkyl halides is 3. The fraction of sp³-hybridized carbons (Fsp3) is 0.240. The van der Waals surface area contributed by atoms with Gasteiger partial charge in [-0.25, -0.2) is 9.78 Å². The zero-order valence-corrected chi connectivity index (χ0v) is 19.5. The molecule has 1 aromatic heterocycles. The molecule has 7 nitrogen and oxygen atoms in total. The molecule has 0 aliphatic heterocycles. The molecule has 0 spiro atoms. The van der Waals surface area contributed by atoms with E-state index in [1.807, 2.05) is 0 Å². The van der Waals surface area contributed by atoms with Crippen LogP contribution in [0.15, 0.2) is 60.8 Å². The lowest BCUT2D eigenvalue weighted by Crippen LogP contribution is -2.43. The smallest absolute Gasteiger partial charge is 0.418 e. The first-order valence-electron chi connectivity index (χ1n) is 10.9. The molecule has 0 saturated heterocycles. The molecule has 1 fully saturated rings. The number of carbonyl (C=O) groups excluding carboxylic acids is 1. The molecule has 0 bridgehead atoms. The maximum absolute atomic E-state index is 13.2. The Labute approximate surface area is 209 Å². The highest BCUT2D eigenvalue weighted by atomic mass is 35.5. The van der Waals surface area contributed by atoms with Crippen LogP contribution in [0.4, 0.5) is 29.3 Å². The van der Waals surface area contributed by atoms with Crippen LogP contribution in [0.3, 0.4) is 0 Å². The summed E-state index contributed by atoms with van der Waals surface area (Å²) in [5.41, 5.74) is -0.403. The number of aromatic nitrogens is 1. The van der Waals surface area contributed by atoms with Crippen LogP contribution in [0.2, 0.25) is 5.02 Å². The third kappa shape index (κ3) is 5.71. The number of pyridine rings is 1. The summed E-state index contributed by atoms with van der Waals surface area (Å²) in [5.74, 6) is -0.539. The van der Waals surface area contributed by atoms with Crippen molar-refractivity contribution in [2.45, 2.75) is 25.4 Å². The van der Waals surface area contributed by atoms with Gasteiger partial charge in [-0.2, -0.15) is 13.2 Å². The van der Waals surface area contributed by atoms with Gasteiger partial charge in [-0.1, -0.05) is 30.2 Å². The third-order valence-electron chi connectivity index (χ3n) is 6.01. The van der Waals surface area contributed by atoms with E-state index in [-0.39, 0.29) is 11.6 Å². The van der Waals surface area contributed by atoms with Crippen LogP contribution in [0, 0.1) is 5.41 Å². The maximum Gasteiger partial charge on any atom is 0.418 e. The van der Waals surface area contributed by atoms with Gasteiger partial charge in [0.25, 0.3) is 0 Å². The minimum atomic E-state index is -4.68. The Hall–Kier alpha value is -3.79. The number of aliphatic carboxylic acids is 1. The van der Waals surface area contributed by atoms with E-state index in [0.717, 1.165) is 29.7 Å². The molecule has 2 amide bonds. The molecule has 188 valence electrons. The minimum Gasteiger partial charge on any atom is -0.481 e. The summed E-state index contributed by atoms with van der Waals surface area (Å²) >= 11 is 5.66. The average Bonchev–Trinajstić information content (AvgIpc) is 2.79. The van der Waals surface area contributed by atoms with Gasteiger partial charge in [-0.3, -0.25) is 4.79 Å². The Morgan fingerprint density at radius 3 is 2.28 bits per heavy atom. The number of hydrogen-bond acceptors (Lipinski definition) is 4. The lowest BCUT2D eigenvalue weighted by molar-refractivity contribution is -0.157. The highest BCUT2D eigenvalue weighted by Crippen LogP contribution is 2.41. The highest BCUT2D eigenvalue weighted by molar-refractivity contribution is 6.30. The number of carbonyl (C=O) groups is 2. The van der Waals surface area contributed by atoms with E-state index in [2.05, 4.69) is 15.6 Å². The molecule has 3 N–H and O–H groups in total. The predicted molar refractivity (Wildman–Crippen MR) is 128 cm³/mol. The van der Waals surface area contributed by atoms with E-state index in [9.17, 15) is 27.9 Å². The number of rotatable bonds is 7. The second kappa shape index (κ2) is 10.1. The van der Waals surface area contributed by atoms with Gasteiger partial charge < -0.3 is 20.5 Å². The SMILES string of the molecule is O=C(Nc1ccc(-c2ccc(OCC3(C(=O)O)CCC3)nc2)cc1)Nc1ccc(Cl)cc1C(F)(F)F. The normalized spacial score (nSPS) is 14.4. The molecule has 4 rings (SSSR count). The van der Waals surface area contributed by atoms with Crippen molar-refractivity contribution in [3.05, 3.63) is 71.4 Å². The summed E-state index contributed by atoms with van der Waals surface area (Å²) in [6.45, 7) is 0.0671. The summed E-state index contributed by atoms with van der Waals surface area (Å²) < 4.78 is 45.2. The zero-order valence-electron chi connectivity index (χ0n) is 18.7. The van der Waals surface area contributed by atoms with E-state index >= 15 is 0 Å². The fourth-order valence-corrected chi connectivity index (χ4v) is 3.93. The van der Waals surface area contributed by atoms with Gasteiger partial charge in [-0.05, 0) is 54.8 Å². The van der Waals surface area contributed by atoms with Crippen molar-refractivity contribution < 1.29 is 32.6 Å². The van der Waals surface area contributed by atoms with Gasteiger partial charge in [0, 0.05) is 28.5 Å². The van der Waals surface area contributed by atoms with E-state index in [1.165, 1.54) is 6.07 Å². The van der Waals surface area contributed by atoms with Crippen LogP contribution in [0.25, 0.3) is 11.1 Å². The molecule has 1 saturated carbocycles. The van der Waals surface area contributed by atoms with Crippen molar-refractivity contribution in [2.24, 2.45) is 5.41 Å². The molecule has 11 heteroatoms. The molecule has 1 aliphatic carbocycles.